The Morgan fingerprint density at radius 2 is 2.00 bits per heavy atom. The van der Waals surface area contributed by atoms with Crippen LogP contribution in [0.5, 0.6) is 5.75 Å². The highest BCUT2D eigenvalue weighted by Gasteiger charge is 2.38. The molecule has 0 atom stereocenters. The summed E-state index contributed by atoms with van der Waals surface area (Å²) < 4.78 is 39.3. The first-order valence-electron chi connectivity index (χ1n) is 11.4. The number of rotatable bonds is 5. The molecule has 10 nitrogen and oxygen atoms in total. The molecule has 0 spiro atoms. The third-order valence-electron chi connectivity index (χ3n) is 6.29. The van der Waals surface area contributed by atoms with Gasteiger partial charge < -0.3 is 25.8 Å². The van der Waals surface area contributed by atoms with Crippen molar-refractivity contribution in [2.75, 3.05) is 26.0 Å². The van der Waals surface area contributed by atoms with Crippen LogP contribution < -0.4 is 15.8 Å². The molecule has 3 aromatic rings. The van der Waals surface area contributed by atoms with E-state index in [0.29, 0.717) is 17.9 Å². The van der Waals surface area contributed by atoms with Crippen LogP contribution in [0.25, 0.3) is 11.0 Å². The van der Waals surface area contributed by atoms with Crippen molar-refractivity contribution < 1.29 is 27.8 Å². The Labute approximate surface area is 205 Å². The van der Waals surface area contributed by atoms with Gasteiger partial charge in [0.15, 0.2) is 5.65 Å². The van der Waals surface area contributed by atoms with E-state index in [1.165, 1.54) is 11.1 Å². The second-order valence-corrected chi connectivity index (χ2v) is 9.13. The van der Waals surface area contributed by atoms with Crippen molar-refractivity contribution in [3.05, 3.63) is 35.7 Å². The lowest BCUT2D eigenvalue weighted by Gasteiger charge is -2.32. The van der Waals surface area contributed by atoms with E-state index in [1.54, 1.807) is 7.11 Å². The molecule has 2 aliphatic rings. The second-order valence-electron chi connectivity index (χ2n) is 9.13. The lowest BCUT2D eigenvalue weighted by molar-refractivity contribution is -0.192. The third kappa shape index (κ3) is 5.85. The van der Waals surface area contributed by atoms with Crippen molar-refractivity contribution in [3.63, 3.8) is 0 Å². The number of fused-ring (bicyclic) bond motifs is 2. The van der Waals surface area contributed by atoms with Crippen molar-refractivity contribution in [1.82, 2.24) is 24.6 Å². The molecule has 2 aromatic heterocycles. The number of benzene rings is 1. The fourth-order valence-corrected chi connectivity index (χ4v) is 4.36. The fourth-order valence-electron chi connectivity index (χ4n) is 4.36. The van der Waals surface area contributed by atoms with E-state index < -0.39 is 12.1 Å². The molecule has 4 N–H and O–H groups in total. The molecule has 1 aliphatic carbocycles. The van der Waals surface area contributed by atoms with E-state index in [4.69, 9.17) is 25.4 Å². The van der Waals surface area contributed by atoms with Crippen molar-refractivity contribution in [2.24, 2.45) is 11.7 Å². The molecule has 1 aromatic carbocycles. The van der Waals surface area contributed by atoms with Crippen LogP contribution in [-0.4, -0.2) is 68.6 Å². The topological polar surface area (TPSA) is 131 Å². The predicted molar refractivity (Wildman–Crippen MR) is 126 cm³/mol. The summed E-state index contributed by atoms with van der Waals surface area (Å²) in [4.78, 5) is 20.4. The average Bonchev–Trinajstić information content (AvgIpc) is 3.19. The second kappa shape index (κ2) is 10.3. The standard InChI is InChI=1S/C21H27N7O.C2HF3O2/c1-27-4-3-14-8-19(29-2)18(7-15(14)12-27)25-21-23-9-16-10-24-28(20(16)26-21)11-13-5-17(22)6-13;3-2(4,5)1(6)7/h7-10,13,17H,3-6,11-12,22H2,1-2H3,(H,23,25,26);(H,6,7). The van der Waals surface area contributed by atoms with Crippen LogP contribution >= 0.6 is 0 Å². The van der Waals surface area contributed by atoms with E-state index >= 15 is 0 Å². The smallest absolute Gasteiger partial charge is 0.490 e. The average molecular weight is 508 g/mol. The van der Waals surface area contributed by atoms with E-state index in [0.717, 1.165) is 61.4 Å². The van der Waals surface area contributed by atoms with Crippen molar-refractivity contribution in [3.8, 4) is 5.75 Å². The SMILES string of the molecule is COc1cc2c(cc1Nc1ncc3cnn(CC4CC(N)C4)c3n1)CN(C)CC2.O=C(O)C(F)(F)F. The first kappa shape index (κ1) is 25.6. The number of carboxylic acid groups (broad SMARTS) is 1. The fraction of sp³-hybridized carbons (Fsp3) is 0.478. The number of likely N-dealkylation sites (N-methyl/N-ethyl adjacent to an activating group) is 1. The molecule has 1 aliphatic heterocycles. The maximum Gasteiger partial charge on any atom is 0.490 e. The summed E-state index contributed by atoms with van der Waals surface area (Å²) in [5, 5.41) is 15.9. The Hall–Kier alpha value is -3.45. The number of nitrogens with two attached hydrogens (primary N) is 1. The number of carboxylic acids is 1. The lowest BCUT2D eigenvalue weighted by atomic mass is 9.81. The van der Waals surface area contributed by atoms with Crippen LogP contribution in [-0.2, 0) is 24.3 Å². The molecule has 1 saturated carbocycles. The van der Waals surface area contributed by atoms with Gasteiger partial charge in [0, 0.05) is 31.9 Å². The number of aromatic nitrogens is 4. The number of hydrogen-bond acceptors (Lipinski definition) is 8. The van der Waals surface area contributed by atoms with Gasteiger partial charge in [0.05, 0.1) is 24.4 Å². The minimum atomic E-state index is -5.08. The number of aliphatic carboxylic acids is 1. The van der Waals surface area contributed by atoms with Gasteiger partial charge in [0.2, 0.25) is 5.95 Å². The lowest BCUT2D eigenvalue weighted by Crippen LogP contribution is -2.38. The summed E-state index contributed by atoms with van der Waals surface area (Å²) in [6, 6.07) is 4.63. The minimum absolute atomic E-state index is 0.337. The minimum Gasteiger partial charge on any atom is -0.495 e. The highest BCUT2D eigenvalue weighted by Crippen LogP contribution is 2.33. The number of alkyl halides is 3. The molecular weight excluding hydrogens is 479 g/mol. The Kier molecular flexibility index (Phi) is 7.31. The van der Waals surface area contributed by atoms with Crippen molar-refractivity contribution >= 4 is 28.6 Å². The molecule has 0 unspecified atom stereocenters. The molecular formula is C23H28F3N7O3. The zero-order valence-corrected chi connectivity index (χ0v) is 19.9. The summed E-state index contributed by atoms with van der Waals surface area (Å²) >= 11 is 0. The van der Waals surface area contributed by atoms with Gasteiger partial charge in [0.25, 0.3) is 0 Å². The maximum atomic E-state index is 10.6. The first-order chi connectivity index (χ1) is 17.0. The van der Waals surface area contributed by atoms with Crippen LogP contribution in [0.4, 0.5) is 24.8 Å². The van der Waals surface area contributed by atoms with Gasteiger partial charge in [-0.05, 0) is 55.5 Å². The Balaban J connectivity index is 0.000000384. The number of methoxy groups -OCH3 is 1. The van der Waals surface area contributed by atoms with Gasteiger partial charge >= 0.3 is 12.1 Å². The van der Waals surface area contributed by atoms with Crippen LogP contribution in [0.3, 0.4) is 0 Å². The van der Waals surface area contributed by atoms with E-state index in [2.05, 4.69) is 39.5 Å². The molecule has 5 rings (SSSR count). The van der Waals surface area contributed by atoms with Gasteiger partial charge in [0.1, 0.15) is 5.75 Å². The molecule has 36 heavy (non-hydrogen) atoms. The maximum absolute atomic E-state index is 10.6. The number of nitrogens with zero attached hydrogens (tertiary/aromatic N) is 5. The molecule has 0 amide bonds. The Morgan fingerprint density at radius 3 is 2.64 bits per heavy atom. The summed E-state index contributed by atoms with van der Waals surface area (Å²) in [6.07, 6.45) is 1.71. The summed E-state index contributed by atoms with van der Waals surface area (Å²) in [6.45, 7) is 2.85. The molecule has 0 radical (unpaired) electrons. The number of nitrogens with one attached hydrogen (secondary N) is 1. The summed E-state index contributed by atoms with van der Waals surface area (Å²) in [5.41, 5.74) is 10.3. The highest BCUT2D eigenvalue weighted by molar-refractivity contribution is 5.76. The van der Waals surface area contributed by atoms with Crippen molar-refractivity contribution in [2.45, 2.75) is 44.6 Å². The molecule has 0 bridgehead atoms. The third-order valence-corrected chi connectivity index (χ3v) is 6.29. The van der Waals surface area contributed by atoms with Gasteiger partial charge in [-0.1, -0.05) is 0 Å². The van der Waals surface area contributed by atoms with Gasteiger partial charge in [-0.3, -0.25) is 0 Å². The van der Waals surface area contributed by atoms with Gasteiger partial charge in [-0.2, -0.15) is 23.3 Å². The Morgan fingerprint density at radius 1 is 1.28 bits per heavy atom. The molecule has 13 heteroatoms. The number of ether oxygens (including phenoxy) is 1. The molecule has 0 saturated heterocycles. The number of hydrogen-bond donors (Lipinski definition) is 3. The molecule has 1 fully saturated rings. The number of halogens is 3. The largest absolute Gasteiger partial charge is 0.495 e. The van der Waals surface area contributed by atoms with E-state index in [1.807, 2.05) is 17.1 Å². The zero-order valence-electron chi connectivity index (χ0n) is 19.9. The van der Waals surface area contributed by atoms with Crippen LogP contribution in [0.1, 0.15) is 24.0 Å². The van der Waals surface area contributed by atoms with Crippen LogP contribution in [0.2, 0.25) is 0 Å². The summed E-state index contributed by atoms with van der Waals surface area (Å²) in [7, 11) is 3.84. The summed E-state index contributed by atoms with van der Waals surface area (Å²) in [5.74, 6) is -0.814. The normalized spacial score (nSPS) is 19.6. The van der Waals surface area contributed by atoms with E-state index in [-0.39, 0.29) is 0 Å². The first-order valence-corrected chi connectivity index (χ1v) is 11.4. The van der Waals surface area contributed by atoms with E-state index in [9.17, 15) is 13.2 Å². The quantitative estimate of drug-likeness (QED) is 0.477. The molecule has 194 valence electrons. The predicted octanol–water partition coefficient (Wildman–Crippen LogP) is 2.94. The van der Waals surface area contributed by atoms with Crippen LogP contribution in [0.15, 0.2) is 24.5 Å². The monoisotopic (exact) mass is 507 g/mol. The number of carbonyl (C=O) groups is 1. The van der Waals surface area contributed by atoms with Gasteiger partial charge in [-0.25, -0.2) is 14.5 Å². The van der Waals surface area contributed by atoms with Crippen molar-refractivity contribution in [1.29, 1.82) is 0 Å². The Bertz CT molecular complexity index is 1240. The van der Waals surface area contributed by atoms with Crippen LogP contribution in [0, 0.1) is 5.92 Å². The number of anilines is 2. The highest BCUT2D eigenvalue weighted by atomic mass is 19.4. The molecule has 3 heterocycles. The zero-order chi connectivity index (χ0) is 26.0. The van der Waals surface area contributed by atoms with Gasteiger partial charge in [-0.15, -0.1) is 0 Å².